The van der Waals surface area contributed by atoms with Crippen LogP contribution in [0.1, 0.15) is 11.1 Å². The summed E-state index contributed by atoms with van der Waals surface area (Å²) in [7, 11) is 0. The Hall–Kier alpha value is -2.14. The molecule has 0 unspecified atom stereocenters. The predicted octanol–water partition coefficient (Wildman–Crippen LogP) is 3.35. The molecule has 0 aliphatic heterocycles. The minimum absolute atomic E-state index is 0.0509. The maximum Gasteiger partial charge on any atom is 0.310 e. The predicted molar refractivity (Wildman–Crippen MR) is 76.1 cm³/mol. The van der Waals surface area contributed by atoms with E-state index in [4.69, 9.17) is 16.3 Å². The first kappa shape index (κ1) is 14.3. The summed E-state index contributed by atoms with van der Waals surface area (Å²) in [6.07, 6.45) is 4.07. The molecule has 0 aliphatic rings. The van der Waals surface area contributed by atoms with Crippen molar-refractivity contribution in [3.63, 3.8) is 0 Å². The molecular weight excluding hydrogens is 280 g/mol. The maximum absolute atomic E-state index is 10.9. The van der Waals surface area contributed by atoms with E-state index in [-0.39, 0.29) is 17.3 Å². The van der Waals surface area contributed by atoms with Crippen LogP contribution in [0.2, 0.25) is 0 Å². The van der Waals surface area contributed by atoms with Crippen molar-refractivity contribution in [3.8, 4) is 5.75 Å². The highest BCUT2D eigenvalue weighted by Gasteiger charge is 2.15. The molecule has 104 valence electrons. The summed E-state index contributed by atoms with van der Waals surface area (Å²) < 4.78 is 5.52. The number of pyridine rings is 1. The van der Waals surface area contributed by atoms with Gasteiger partial charge in [-0.15, -0.1) is 11.6 Å². The molecule has 0 atom stereocenters. The number of nitrogens with zero attached hydrogens (tertiary/aromatic N) is 2. The van der Waals surface area contributed by atoms with Crippen LogP contribution in [-0.4, -0.2) is 16.5 Å². The molecule has 0 saturated heterocycles. The van der Waals surface area contributed by atoms with E-state index < -0.39 is 4.92 Å². The topological polar surface area (TPSA) is 65.3 Å². The van der Waals surface area contributed by atoms with Crippen LogP contribution in [-0.2, 0) is 12.3 Å². The van der Waals surface area contributed by atoms with Crippen molar-refractivity contribution in [3.05, 3.63) is 64.0 Å². The lowest BCUT2D eigenvalue weighted by Gasteiger charge is -2.08. The number of alkyl halides is 1. The Morgan fingerprint density at radius 1 is 1.30 bits per heavy atom. The van der Waals surface area contributed by atoms with E-state index >= 15 is 0 Å². The van der Waals surface area contributed by atoms with Gasteiger partial charge in [0.2, 0.25) is 0 Å². The minimum atomic E-state index is -0.461. The molecule has 1 heterocycles. The second-order valence-electron chi connectivity index (χ2n) is 4.15. The first-order chi connectivity index (χ1) is 9.70. The highest BCUT2D eigenvalue weighted by Crippen LogP contribution is 2.28. The van der Waals surface area contributed by atoms with Gasteiger partial charge in [-0.25, -0.2) is 0 Å². The van der Waals surface area contributed by atoms with Gasteiger partial charge in [-0.1, -0.05) is 12.1 Å². The number of nitro groups is 1. The molecule has 0 bridgehead atoms. The van der Waals surface area contributed by atoms with Gasteiger partial charge in [0.05, 0.1) is 11.5 Å². The van der Waals surface area contributed by atoms with Crippen LogP contribution in [0.3, 0.4) is 0 Å². The Kier molecular flexibility index (Phi) is 4.90. The zero-order chi connectivity index (χ0) is 14.4. The standard InChI is InChI=1S/C14H13ClN2O3/c15-9-12-3-4-13(17(18)19)14(8-12)20-7-5-11-2-1-6-16-10-11/h1-4,6,8,10H,5,7,9H2. The highest BCUT2D eigenvalue weighted by atomic mass is 35.5. The van der Waals surface area contributed by atoms with E-state index in [1.165, 1.54) is 6.07 Å². The third kappa shape index (κ3) is 3.68. The lowest BCUT2D eigenvalue weighted by atomic mass is 10.2. The van der Waals surface area contributed by atoms with Crippen molar-refractivity contribution in [2.45, 2.75) is 12.3 Å². The van der Waals surface area contributed by atoms with Crippen LogP contribution in [0.25, 0.3) is 0 Å². The van der Waals surface area contributed by atoms with E-state index in [0.717, 1.165) is 11.1 Å². The average molecular weight is 293 g/mol. The van der Waals surface area contributed by atoms with Crippen molar-refractivity contribution in [1.82, 2.24) is 4.98 Å². The van der Waals surface area contributed by atoms with E-state index in [1.807, 2.05) is 12.1 Å². The molecular formula is C14H13ClN2O3. The molecule has 6 heteroatoms. The average Bonchev–Trinajstić information content (AvgIpc) is 2.48. The van der Waals surface area contributed by atoms with Crippen LogP contribution in [0.4, 0.5) is 5.69 Å². The SMILES string of the molecule is O=[N+]([O-])c1ccc(CCl)cc1OCCc1cccnc1. The smallest absolute Gasteiger partial charge is 0.310 e. The van der Waals surface area contributed by atoms with Crippen LogP contribution in [0, 0.1) is 10.1 Å². The van der Waals surface area contributed by atoms with E-state index in [2.05, 4.69) is 4.98 Å². The van der Waals surface area contributed by atoms with Gasteiger partial charge in [-0.05, 0) is 23.3 Å². The number of halogens is 1. The fourth-order valence-corrected chi connectivity index (χ4v) is 1.90. The van der Waals surface area contributed by atoms with Gasteiger partial charge in [0.15, 0.2) is 5.75 Å². The highest BCUT2D eigenvalue weighted by molar-refractivity contribution is 6.17. The zero-order valence-electron chi connectivity index (χ0n) is 10.7. The monoisotopic (exact) mass is 292 g/mol. The van der Waals surface area contributed by atoms with Gasteiger partial charge in [-0.2, -0.15) is 0 Å². The van der Waals surface area contributed by atoms with Crippen LogP contribution in [0.15, 0.2) is 42.7 Å². The third-order valence-corrected chi connectivity index (χ3v) is 3.05. The number of benzene rings is 1. The summed E-state index contributed by atoms with van der Waals surface area (Å²) >= 11 is 5.73. The number of hydrogen-bond acceptors (Lipinski definition) is 4. The molecule has 1 aromatic carbocycles. The zero-order valence-corrected chi connectivity index (χ0v) is 11.4. The van der Waals surface area contributed by atoms with Crippen molar-refractivity contribution in [2.75, 3.05) is 6.61 Å². The van der Waals surface area contributed by atoms with Crippen molar-refractivity contribution in [1.29, 1.82) is 0 Å². The summed E-state index contributed by atoms with van der Waals surface area (Å²) in [5.74, 6) is 0.536. The Balaban J connectivity index is 2.06. The number of hydrogen-bond donors (Lipinski definition) is 0. The largest absolute Gasteiger partial charge is 0.486 e. The van der Waals surface area contributed by atoms with Gasteiger partial charge in [0, 0.05) is 30.8 Å². The lowest BCUT2D eigenvalue weighted by molar-refractivity contribution is -0.385. The molecule has 0 radical (unpaired) electrons. The van der Waals surface area contributed by atoms with Gasteiger partial charge < -0.3 is 4.74 Å². The molecule has 1 aromatic heterocycles. The van der Waals surface area contributed by atoms with E-state index in [0.29, 0.717) is 13.0 Å². The Morgan fingerprint density at radius 3 is 2.80 bits per heavy atom. The van der Waals surface area contributed by atoms with Crippen LogP contribution in [0.5, 0.6) is 5.75 Å². The molecule has 5 nitrogen and oxygen atoms in total. The molecule has 20 heavy (non-hydrogen) atoms. The Labute approximate surface area is 121 Å². The molecule has 0 aliphatic carbocycles. The quantitative estimate of drug-likeness (QED) is 0.465. The molecule has 0 spiro atoms. The van der Waals surface area contributed by atoms with Gasteiger partial charge in [-0.3, -0.25) is 15.1 Å². The summed E-state index contributed by atoms with van der Waals surface area (Å²) in [6.45, 7) is 0.346. The molecule has 0 saturated carbocycles. The van der Waals surface area contributed by atoms with E-state index in [9.17, 15) is 10.1 Å². The Bertz CT molecular complexity index is 590. The normalized spacial score (nSPS) is 10.2. The molecule has 0 N–H and O–H groups in total. The number of rotatable bonds is 6. The van der Waals surface area contributed by atoms with Crippen LogP contribution >= 0.6 is 11.6 Å². The number of ether oxygens (including phenoxy) is 1. The van der Waals surface area contributed by atoms with Gasteiger partial charge in [0.25, 0.3) is 0 Å². The second-order valence-corrected chi connectivity index (χ2v) is 4.42. The Morgan fingerprint density at radius 2 is 2.15 bits per heavy atom. The minimum Gasteiger partial charge on any atom is -0.486 e. The first-order valence-corrected chi connectivity index (χ1v) is 6.59. The van der Waals surface area contributed by atoms with Gasteiger partial charge >= 0.3 is 5.69 Å². The molecule has 0 amide bonds. The summed E-state index contributed by atoms with van der Waals surface area (Å²) in [5, 5.41) is 10.9. The van der Waals surface area contributed by atoms with Crippen molar-refractivity contribution in [2.24, 2.45) is 0 Å². The molecule has 2 aromatic rings. The molecule has 2 rings (SSSR count). The fraction of sp³-hybridized carbons (Fsp3) is 0.214. The summed E-state index contributed by atoms with van der Waals surface area (Å²) in [4.78, 5) is 14.5. The number of nitro benzene ring substituents is 1. The lowest BCUT2D eigenvalue weighted by Crippen LogP contribution is -2.04. The van der Waals surface area contributed by atoms with Crippen molar-refractivity contribution >= 4 is 17.3 Å². The van der Waals surface area contributed by atoms with Crippen LogP contribution < -0.4 is 4.74 Å². The summed E-state index contributed by atoms with van der Waals surface area (Å²) in [5.41, 5.74) is 1.75. The fourth-order valence-electron chi connectivity index (χ4n) is 1.73. The first-order valence-electron chi connectivity index (χ1n) is 6.05. The van der Waals surface area contributed by atoms with Crippen molar-refractivity contribution < 1.29 is 9.66 Å². The maximum atomic E-state index is 10.9. The summed E-state index contributed by atoms with van der Waals surface area (Å²) in [6, 6.07) is 8.41. The molecule has 0 fully saturated rings. The van der Waals surface area contributed by atoms with E-state index in [1.54, 1.807) is 24.5 Å². The third-order valence-electron chi connectivity index (χ3n) is 2.75. The van der Waals surface area contributed by atoms with Gasteiger partial charge in [0.1, 0.15) is 0 Å². The number of aromatic nitrogens is 1. The second kappa shape index (κ2) is 6.86.